The number of hydrogen-bond donors (Lipinski definition) is 0. The Morgan fingerprint density at radius 3 is 2.25 bits per heavy atom. The molecule has 0 radical (unpaired) electrons. The second-order valence-corrected chi connectivity index (χ2v) is 5.63. The lowest BCUT2D eigenvalue weighted by Crippen LogP contribution is -2.04. The predicted molar refractivity (Wildman–Crippen MR) is 74.3 cm³/mol. The summed E-state index contributed by atoms with van der Waals surface area (Å²) in [7, 11) is 0. The first-order valence-corrected chi connectivity index (χ1v) is 6.64. The van der Waals surface area contributed by atoms with E-state index in [1.54, 1.807) is 18.2 Å². The minimum Gasteiger partial charge on any atom is -0.192 e. The zero-order chi connectivity index (χ0) is 14.8. The summed E-state index contributed by atoms with van der Waals surface area (Å²) in [5.41, 5.74) is -0.0139. The minimum atomic E-state index is -4.38. The molecule has 0 saturated heterocycles. The van der Waals surface area contributed by atoms with Crippen LogP contribution in [-0.4, -0.2) is 0 Å². The number of nitrogens with zero attached hydrogens (tertiary/aromatic N) is 1. The van der Waals surface area contributed by atoms with Gasteiger partial charge in [0.15, 0.2) is 0 Å². The molecule has 0 aliphatic heterocycles. The van der Waals surface area contributed by atoms with Gasteiger partial charge < -0.3 is 0 Å². The van der Waals surface area contributed by atoms with Gasteiger partial charge in [0.1, 0.15) is 0 Å². The summed E-state index contributed by atoms with van der Waals surface area (Å²) >= 11 is 7.08. The third-order valence-electron chi connectivity index (χ3n) is 2.52. The van der Waals surface area contributed by atoms with Gasteiger partial charge in [0, 0.05) is 4.88 Å². The molecule has 6 heteroatoms. The van der Waals surface area contributed by atoms with Crippen molar-refractivity contribution in [2.75, 3.05) is 0 Å². The molecule has 0 bridgehead atoms. The third kappa shape index (κ3) is 3.41. The number of thiophene rings is 1. The molecule has 2 rings (SSSR count). The molecule has 0 spiro atoms. The predicted octanol–water partition coefficient (Wildman–Crippen LogP) is 5.48. The maximum atomic E-state index is 12.5. The van der Waals surface area contributed by atoms with Crippen LogP contribution < -0.4 is 0 Å². The monoisotopic (exact) mass is 313 g/mol. The number of nitriles is 1. The summed E-state index contributed by atoms with van der Waals surface area (Å²) in [6.45, 7) is 0. The van der Waals surface area contributed by atoms with E-state index in [1.165, 1.54) is 23.5 Å². The number of hydrogen-bond acceptors (Lipinski definition) is 2. The van der Waals surface area contributed by atoms with Gasteiger partial charge in [0.25, 0.3) is 0 Å². The molecular weight excluding hydrogens is 307 g/mol. The van der Waals surface area contributed by atoms with Crippen molar-refractivity contribution in [1.82, 2.24) is 0 Å². The molecule has 1 aromatic heterocycles. The Kier molecular flexibility index (Phi) is 4.17. The Morgan fingerprint density at radius 2 is 1.80 bits per heavy atom. The van der Waals surface area contributed by atoms with E-state index in [-0.39, 0.29) is 5.57 Å². The summed E-state index contributed by atoms with van der Waals surface area (Å²) < 4.78 is 38.0. The van der Waals surface area contributed by atoms with Gasteiger partial charge in [-0.3, -0.25) is 0 Å². The normalized spacial score (nSPS) is 12.2. The highest BCUT2D eigenvalue weighted by atomic mass is 35.5. The highest BCUT2D eigenvalue weighted by molar-refractivity contribution is 7.17. The Labute approximate surface area is 122 Å². The highest BCUT2D eigenvalue weighted by Crippen LogP contribution is 2.31. The molecule has 0 amide bonds. The van der Waals surface area contributed by atoms with Crippen LogP contribution in [0.15, 0.2) is 36.4 Å². The molecule has 0 atom stereocenters. The summed E-state index contributed by atoms with van der Waals surface area (Å²) in [5, 5.41) is 9.11. The van der Waals surface area contributed by atoms with E-state index in [0.29, 0.717) is 9.90 Å². The fourth-order valence-corrected chi connectivity index (χ4v) is 2.57. The highest BCUT2D eigenvalue weighted by Gasteiger charge is 2.30. The van der Waals surface area contributed by atoms with Gasteiger partial charge >= 0.3 is 6.18 Å². The van der Waals surface area contributed by atoms with Crippen LogP contribution >= 0.6 is 22.9 Å². The molecule has 1 heterocycles. The summed E-state index contributed by atoms with van der Waals surface area (Å²) in [6, 6.07) is 9.91. The molecule has 102 valence electrons. The molecule has 20 heavy (non-hydrogen) atoms. The molecule has 2 aromatic rings. The average molecular weight is 314 g/mol. The first-order chi connectivity index (χ1) is 9.40. The second kappa shape index (κ2) is 5.70. The summed E-state index contributed by atoms with van der Waals surface area (Å²) in [4.78, 5) is 0.770. The zero-order valence-electron chi connectivity index (χ0n) is 9.91. The van der Waals surface area contributed by atoms with E-state index >= 15 is 0 Å². The number of halogens is 4. The Morgan fingerprint density at radius 1 is 1.15 bits per heavy atom. The van der Waals surface area contributed by atoms with E-state index in [1.807, 2.05) is 6.07 Å². The SMILES string of the molecule is N#C/C(=C\c1ccc(Cl)s1)c1ccc(C(F)(F)F)cc1. The van der Waals surface area contributed by atoms with Crippen LogP contribution in [-0.2, 0) is 6.18 Å². The molecule has 0 aliphatic rings. The van der Waals surface area contributed by atoms with Crippen LogP contribution in [0.25, 0.3) is 11.6 Å². The smallest absolute Gasteiger partial charge is 0.192 e. The van der Waals surface area contributed by atoms with Gasteiger partial charge in [-0.2, -0.15) is 18.4 Å². The van der Waals surface area contributed by atoms with Crippen LogP contribution in [0.3, 0.4) is 0 Å². The van der Waals surface area contributed by atoms with Crippen LogP contribution in [0.1, 0.15) is 16.0 Å². The molecule has 0 N–H and O–H groups in total. The molecule has 0 aliphatic carbocycles. The first-order valence-electron chi connectivity index (χ1n) is 5.45. The molecule has 1 nitrogen and oxygen atoms in total. The van der Waals surface area contributed by atoms with Gasteiger partial charge in [0.2, 0.25) is 0 Å². The van der Waals surface area contributed by atoms with Crippen molar-refractivity contribution >= 4 is 34.6 Å². The standard InChI is InChI=1S/C14H7ClF3NS/c15-13-6-5-12(20-13)7-10(8-19)9-1-3-11(4-2-9)14(16,17)18/h1-7H/b10-7+. The van der Waals surface area contributed by atoms with Crippen molar-refractivity contribution in [3.8, 4) is 6.07 Å². The number of alkyl halides is 3. The largest absolute Gasteiger partial charge is 0.416 e. The maximum Gasteiger partial charge on any atom is 0.416 e. The minimum absolute atomic E-state index is 0.289. The lowest BCUT2D eigenvalue weighted by atomic mass is 10.0. The fraction of sp³-hybridized carbons (Fsp3) is 0.0714. The van der Waals surface area contributed by atoms with Gasteiger partial charge in [0.05, 0.1) is 21.5 Å². The number of allylic oxidation sites excluding steroid dienone is 1. The van der Waals surface area contributed by atoms with Crippen LogP contribution in [0, 0.1) is 11.3 Å². The van der Waals surface area contributed by atoms with E-state index < -0.39 is 11.7 Å². The van der Waals surface area contributed by atoms with Crippen LogP contribution in [0.2, 0.25) is 4.34 Å². The Hall–Kier alpha value is -1.77. The van der Waals surface area contributed by atoms with Crippen molar-refractivity contribution in [2.45, 2.75) is 6.18 Å². The van der Waals surface area contributed by atoms with Gasteiger partial charge in [-0.1, -0.05) is 23.7 Å². The molecule has 0 saturated carbocycles. The van der Waals surface area contributed by atoms with E-state index in [2.05, 4.69) is 0 Å². The lowest BCUT2D eigenvalue weighted by molar-refractivity contribution is -0.137. The van der Waals surface area contributed by atoms with Crippen molar-refractivity contribution in [3.05, 3.63) is 56.7 Å². The van der Waals surface area contributed by atoms with Gasteiger partial charge in [-0.05, 0) is 35.9 Å². The van der Waals surface area contributed by atoms with Crippen molar-refractivity contribution in [3.63, 3.8) is 0 Å². The molecular formula is C14H7ClF3NS. The number of rotatable bonds is 2. The first kappa shape index (κ1) is 14.6. The molecule has 0 fully saturated rings. The van der Waals surface area contributed by atoms with Crippen LogP contribution in [0.5, 0.6) is 0 Å². The van der Waals surface area contributed by atoms with Crippen LogP contribution in [0.4, 0.5) is 13.2 Å². The van der Waals surface area contributed by atoms with E-state index in [9.17, 15) is 13.2 Å². The Balaban J connectivity index is 2.34. The quantitative estimate of drug-likeness (QED) is 0.673. The number of benzene rings is 1. The topological polar surface area (TPSA) is 23.8 Å². The van der Waals surface area contributed by atoms with Crippen molar-refractivity contribution in [2.24, 2.45) is 0 Å². The third-order valence-corrected chi connectivity index (χ3v) is 3.70. The van der Waals surface area contributed by atoms with E-state index in [4.69, 9.17) is 16.9 Å². The van der Waals surface area contributed by atoms with E-state index in [0.717, 1.165) is 17.0 Å². The fourth-order valence-electron chi connectivity index (χ4n) is 1.57. The van der Waals surface area contributed by atoms with Gasteiger partial charge in [-0.25, -0.2) is 0 Å². The lowest BCUT2D eigenvalue weighted by Gasteiger charge is -2.07. The van der Waals surface area contributed by atoms with Crippen molar-refractivity contribution < 1.29 is 13.2 Å². The summed E-state index contributed by atoms with van der Waals surface area (Å²) in [5.74, 6) is 0. The van der Waals surface area contributed by atoms with Gasteiger partial charge in [-0.15, -0.1) is 11.3 Å². The van der Waals surface area contributed by atoms with Crippen molar-refractivity contribution in [1.29, 1.82) is 5.26 Å². The average Bonchev–Trinajstić information content (AvgIpc) is 2.81. The summed E-state index contributed by atoms with van der Waals surface area (Å²) in [6.07, 6.45) is -2.78. The maximum absolute atomic E-state index is 12.5. The zero-order valence-corrected chi connectivity index (χ0v) is 11.5. The Bertz CT molecular complexity index is 678. The second-order valence-electron chi connectivity index (χ2n) is 3.89. The molecule has 1 aromatic carbocycles. The molecule has 0 unspecified atom stereocenters.